The third-order valence-corrected chi connectivity index (χ3v) is 2.91. The van der Waals surface area contributed by atoms with Crippen LogP contribution in [0.5, 0.6) is 0 Å². The Bertz CT molecular complexity index is 369. The number of likely N-dealkylation sites (tertiary alicyclic amines) is 1. The largest absolute Gasteiger partial charge is 1.00 e. The zero-order chi connectivity index (χ0) is 11.8. The molecule has 0 amide bonds. The molecular formula is C9H14BF3KN3. The van der Waals surface area contributed by atoms with E-state index >= 15 is 0 Å². The van der Waals surface area contributed by atoms with Crippen LogP contribution in [0, 0.1) is 0 Å². The molecule has 17 heavy (non-hydrogen) atoms. The maximum atomic E-state index is 12.4. The van der Waals surface area contributed by atoms with E-state index in [0.29, 0.717) is 6.54 Å². The van der Waals surface area contributed by atoms with Gasteiger partial charge in [-0.15, -0.1) is 0 Å². The average molecular weight is 271 g/mol. The van der Waals surface area contributed by atoms with Gasteiger partial charge in [-0.1, -0.05) is 0 Å². The molecule has 3 nitrogen and oxygen atoms in total. The van der Waals surface area contributed by atoms with E-state index in [4.69, 9.17) is 0 Å². The Labute approximate surface area is 141 Å². The Morgan fingerprint density at radius 1 is 1.47 bits per heavy atom. The Kier molecular flexibility index (Phi) is 5.74. The van der Waals surface area contributed by atoms with Crippen LogP contribution in [-0.2, 0) is 7.05 Å². The van der Waals surface area contributed by atoms with Crippen LogP contribution in [0.2, 0.25) is 0 Å². The summed E-state index contributed by atoms with van der Waals surface area (Å²) in [4.78, 5) is 1.51. The first-order valence-electron chi connectivity index (χ1n) is 5.39. The van der Waals surface area contributed by atoms with E-state index < -0.39 is 13.4 Å². The molecular weight excluding hydrogens is 257 g/mol. The van der Waals surface area contributed by atoms with Crippen molar-refractivity contribution in [2.45, 2.75) is 18.9 Å². The molecule has 1 aliphatic rings. The first kappa shape index (κ1) is 15.7. The van der Waals surface area contributed by atoms with Crippen LogP contribution >= 0.6 is 0 Å². The van der Waals surface area contributed by atoms with Gasteiger partial charge in [0, 0.05) is 24.8 Å². The van der Waals surface area contributed by atoms with E-state index in [2.05, 4.69) is 5.10 Å². The van der Waals surface area contributed by atoms with Gasteiger partial charge in [-0.25, -0.2) is 0 Å². The van der Waals surface area contributed by atoms with Crippen LogP contribution in [0.1, 0.15) is 24.4 Å². The first-order valence-corrected chi connectivity index (χ1v) is 5.39. The second-order valence-electron chi connectivity index (χ2n) is 4.31. The van der Waals surface area contributed by atoms with Crippen LogP contribution in [0.15, 0.2) is 12.4 Å². The third kappa shape index (κ3) is 4.36. The summed E-state index contributed by atoms with van der Waals surface area (Å²) in [7, 11) is 1.77. The van der Waals surface area contributed by atoms with E-state index in [9.17, 15) is 12.9 Å². The number of halogens is 3. The zero-order valence-electron chi connectivity index (χ0n) is 10.1. The van der Waals surface area contributed by atoms with E-state index in [1.807, 2.05) is 0 Å². The molecule has 0 bridgehead atoms. The van der Waals surface area contributed by atoms with Gasteiger partial charge in [0.2, 0.25) is 0 Å². The third-order valence-electron chi connectivity index (χ3n) is 2.91. The smallest absolute Gasteiger partial charge is 0.448 e. The van der Waals surface area contributed by atoms with Crippen molar-refractivity contribution < 1.29 is 64.3 Å². The fraction of sp³-hybridized carbons (Fsp3) is 0.667. The molecule has 0 aromatic carbocycles. The molecule has 1 unspecified atom stereocenters. The predicted molar refractivity (Wildman–Crippen MR) is 55.8 cm³/mol. The van der Waals surface area contributed by atoms with Crippen molar-refractivity contribution in [1.82, 2.24) is 14.7 Å². The molecule has 1 aromatic rings. The van der Waals surface area contributed by atoms with Crippen molar-refractivity contribution in [3.05, 3.63) is 18.0 Å². The second kappa shape index (κ2) is 6.21. The molecule has 1 fully saturated rings. The minimum Gasteiger partial charge on any atom is -0.448 e. The predicted octanol–water partition coefficient (Wildman–Crippen LogP) is -1.05. The van der Waals surface area contributed by atoms with Crippen molar-refractivity contribution >= 4 is 6.98 Å². The monoisotopic (exact) mass is 271 g/mol. The summed E-state index contributed by atoms with van der Waals surface area (Å²) in [6, 6.07) is -0.114. The van der Waals surface area contributed by atoms with Crippen LogP contribution in [0.4, 0.5) is 12.9 Å². The summed E-state index contributed by atoms with van der Waals surface area (Å²) in [6.07, 6.45) is 4.31. The van der Waals surface area contributed by atoms with E-state index in [0.717, 1.165) is 18.4 Å². The summed E-state index contributed by atoms with van der Waals surface area (Å²) in [5.41, 5.74) is 0.889. The van der Waals surface area contributed by atoms with Gasteiger partial charge in [0.05, 0.1) is 6.20 Å². The van der Waals surface area contributed by atoms with Gasteiger partial charge in [-0.05, 0) is 25.8 Å². The first-order chi connectivity index (χ1) is 7.46. The van der Waals surface area contributed by atoms with E-state index in [-0.39, 0.29) is 57.4 Å². The molecule has 8 heteroatoms. The standard InChI is InChI=1S/C9H14BF3N3.K/c1-15-6-8(5-14-15)9-3-2-4-16(9)7-10(11,12)13;/h5-6,9H,2-4,7H2,1H3;/q-1;+1. The average Bonchev–Trinajstić information content (AvgIpc) is 2.71. The second-order valence-corrected chi connectivity index (χ2v) is 4.31. The molecule has 90 valence electrons. The summed E-state index contributed by atoms with van der Waals surface area (Å²) < 4.78 is 38.8. The maximum Gasteiger partial charge on any atom is 1.00 e. The fourth-order valence-electron chi connectivity index (χ4n) is 2.30. The van der Waals surface area contributed by atoms with Crippen molar-refractivity contribution in [2.75, 3.05) is 13.0 Å². The normalized spacial score (nSPS) is 21.5. The number of nitrogens with zero attached hydrogens (tertiary/aromatic N) is 3. The molecule has 1 aliphatic heterocycles. The van der Waals surface area contributed by atoms with Gasteiger partial charge in [0.1, 0.15) is 0 Å². The van der Waals surface area contributed by atoms with Crippen LogP contribution in [-0.4, -0.2) is 34.6 Å². The van der Waals surface area contributed by atoms with Gasteiger partial charge in [-0.2, -0.15) is 5.10 Å². The molecule has 1 atom stereocenters. The molecule has 0 saturated carbocycles. The van der Waals surface area contributed by atoms with Crippen molar-refractivity contribution in [3.8, 4) is 0 Å². The minimum absolute atomic E-state index is 0. The minimum atomic E-state index is -4.74. The Morgan fingerprint density at radius 3 is 2.71 bits per heavy atom. The van der Waals surface area contributed by atoms with Crippen molar-refractivity contribution in [3.63, 3.8) is 0 Å². The van der Waals surface area contributed by atoms with Crippen LogP contribution < -0.4 is 51.4 Å². The quantitative estimate of drug-likeness (QED) is 0.654. The van der Waals surface area contributed by atoms with Gasteiger partial charge >= 0.3 is 58.4 Å². The summed E-state index contributed by atoms with van der Waals surface area (Å²) >= 11 is 0. The number of aryl methyl sites for hydroxylation is 1. The maximum absolute atomic E-state index is 12.4. The molecule has 2 heterocycles. The number of hydrogen-bond donors (Lipinski definition) is 0. The Morgan fingerprint density at radius 2 is 2.18 bits per heavy atom. The fourth-order valence-corrected chi connectivity index (χ4v) is 2.30. The molecule has 0 radical (unpaired) electrons. The van der Waals surface area contributed by atoms with E-state index in [1.165, 1.54) is 4.90 Å². The van der Waals surface area contributed by atoms with E-state index in [1.54, 1.807) is 24.1 Å². The Hall–Kier alpha value is 0.661. The number of rotatable bonds is 3. The Balaban J connectivity index is 0.00000144. The van der Waals surface area contributed by atoms with Crippen LogP contribution in [0.25, 0.3) is 0 Å². The molecule has 0 N–H and O–H groups in total. The van der Waals surface area contributed by atoms with Gasteiger partial charge in [-0.3, -0.25) is 4.68 Å². The molecule has 0 spiro atoms. The number of hydrogen-bond acceptors (Lipinski definition) is 2. The molecule has 1 saturated heterocycles. The summed E-state index contributed by atoms with van der Waals surface area (Å²) in [5, 5.41) is 4.01. The number of aromatic nitrogens is 2. The van der Waals surface area contributed by atoms with Gasteiger partial charge in [0.15, 0.2) is 0 Å². The van der Waals surface area contributed by atoms with Crippen molar-refractivity contribution in [1.29, 1.82) is 0 Å². The zero-order valence-corrected chi connectivity index (χ0v) is 13.2. The van der Waals surface area contributed by atoms with Crippen molar-refractivity contribution in [2.24, 2.45) is 7.05 Å². The molecule has 1 aromatic heterocycles. The SMILES string of the molecule is Cn1cc(C2CCCN2C[B-](F)(F)F)cn1.[K+]. The van der Waals surface area contributed by atoms with Gasteiger partial charge < -0.3 is 17.8 Å². The molecule has 2 rings (SSSR count). The molecule has 0 aliphatic carbocycles. The summed E-state index contributed by atoms with van der Waals surface area (Å²) in [5.74, 6) is 0. The topological polar surface area (TPSA) is 21.1 Å². The van der Waals surface area contributed by atoms with Crippen LogP contribution in [0.3, 0.4) is 0 Å². The summed E-state index contributed by atoms with van der Waals surface area (Å²) in [6.45, 7) is -4.21. The van der Waals surface area contributed by atoms with Gasteiger partial charge in [0.25, 0.3) is 0 Å².